The number of ether oxygens (including phenoxy) is 1. The Labute approximate surface area is 141 Å². The van der Waals surface area contributed by atoms with Gasteiger partial charge in [0.1, 0.15) is 5.75 Å². The third-order valence-electron chi connectivity index (χ3n) is 2.80. The monoisotopic (exact) mass is 375 g/mol. The molecule has 0 radical (unpaired) electrons. The molecule has 7 heteroatoms. The van der Waals surface area contributed by atoms with Crippen LogP contribution in [0.15, 0.2) is 58.1 Å². The molecule has 0 aliphatic heterocycles. The fourth-order valence-corrected chi connectivity index (χ4v) is 2.06. The first-order chi connectivity index (χ1) is 11.1. The molecule has 0 fully saturated rings. The van der Waals surface area contributed by atoms with Gasteiger partial charge in [-0.25, -0.2) is 5.43 Å². The number of nitrogens with zero attached hydrogens (tertiary/aromatic N) is 1. The number of carbonyl (C=O) groups is 2. The van der Waals surface area contributed by atoms with Gasteiger partial charge in [-0.2, -0.15) is 5.10 Å². The van der Waals surface area contributed by atoms with Crippen molar-refractivity contribution in [1.29, 1.82) is 0 Å². The maximum Gasteiger partial charge on any atom is 0.329 e. The van der Waals surface area contributed by atoms with E-state index in [-0.39, 0.29) is 0 Å². The number of anilines is 1. The van der Waals surface area contributed by atoms with E-state index in [4.69, 9.17) is 4.74 Å². The molecule has 0 saturated heterocycles. The molecule has 6 nitrogen and oxygen atoms in total. The number of methoxy groups -OCH3 is 1. The molecule has 2 N–H and O–H groups in total. The van der Waals surface area contributed by atoms with E-state index in [1.54, 1.807) is 55.6 Å². The fourth-order valence-electron chi connectivity index (χ4n) is 1.68. The quantitative estimate of drug-likeness (QED) is 0.489. The topological polar surface area (TPSA) is 79.8 Å². The molecule has 0 bridgehead atoms. The number of hydrogen-bond acceptors (Lipinski definition) is 4. The summed E-state index contributed by atoms with van der Waals surface area (Å²) >= 11 is 3.28. The molecular formula is C16H14BrN3O3. The third kappa shape index (κ3) is 4.93. The van der Waals surface area contributed by atoms with Gasteiger partial charge in [0.15, 0.2) is 0 Å². The Morgan fingerprint density at radius 3 is 2.65 bits per heavy atom. The Balaban J connectivity index is 1.92. The predicted molar refractivity (Wildman–Crippen MR) is 91.5 cm³/mol. The van der Waals surface area contributed by atoms with Gasteiger partial charge in [-0.3, -0.25) is 9.59 Å². The van der Waals surface area contributed by atoms with E-state index in [1.807, 2.05) is 0 Å². The van der Waals surface area contributed by atoms with Gasteiger partial charge in [-0.05, 0) is 45.8 Å². The Morgan fingerprint density at radius 1 is 1.13 bits per heavy atom. The number of para-hydroxylation sites is 1. The van der Waals surface area contributed by atoms with Crippen molar-refractivity contribution in [2.45, 2.75) is 0 Å². The van der Waals surface area contributed by atoms with Crippen LogP contribution in [-0.2, 0) is 9.59 Å². The molecule has 118 valence electrons. The number of hydrazone groups is 1. The van der Waals surface area contributed by atoms with Crippen LogP contribution in [0.4, 0.5) is 5.69 Å². The second kappa shape index (κ2) is 8.09. The Kier molecular flexibility index (Phi) is 5.87. The van der Waals surface area contributed by atoms with Crippen LogP contribution in [0.3, 0.4) is 0 Å². The van der Waals surface area contributed by atoms with Crippen molar-refractivity contribution in [2.75, 3.05) is 12.4 Å². The van der Waals surface area contributed by atoms with Crippen LogP contribution in [0.1, 0.15) is 5.56 Å². The minimum atomic E-state index is -0.861. The van der Waals surface area contributed by atoms with Gasteiger partial charge < -0.3 is 10.1 Å². The Morgan fingerprint density at radius 2 is 1.91 bits per heavy atom. The summed E-state index contributed by atoms with van der Waals surface area (Å²) in [5.74, 6) is -0.994. The zero-order valence-electron chi connectivity index (χ0n) is 12.2. The first-order valence-corrected chi connectivity index (χ1v) is 7.42. The zero-order valence-corrected chi connectivity index (χ0v) is 13.8. The van der Waals surface area contributed by atoms with Gasteiger partial charge in [0.25, 0.3) is 0 Å². The number of halogens is 1. The zero-order chi connectivity index (χ0) is 16.7. The Bertz CT molecular complexity index is 747. The summed E-state index contributed by atoms with van der Waals surface area (Å²) in [6.07, 6.45) is 1.42. The highest BCUT2D eigenvalue weighted by Gasteiger charge is 2.13. The standard InChI is InChI=1S/C16H14BrN3O3/c1-23-12-6-4-5-11(9-12)10-18-20-16(22)15(21)19-14-8-3-2-7-13(14)17/h2-10H,1H3,(H,19,21)(H,20,22)/b18-10-. The summed E-state index contributed by atoms with van der Waals surface area (Å²) in [5, 5.41) is 6.23. The van der Waals surface area contributed by atoms with Crippen molar-refractivity contribution in [3.63, 3.8) is 0 Å². The molecule has 2 amide bonds. The van der Waals surface area contributed by atoms with Gasteiger partial charge >= 0.3 is 11.8 Å². The molecule has 0 heterocycles. The number of rotatable bonds is 4. The summed E-state index contributed by atoms with van der Waals surface area (Å²) in [4.78, 5) is 23.5. The third-order valence-corrected chi connectivity index (χ3v) is 3.49. The van der Waals surface area contributed by atoms with E-state index in [0.717, 1.165) is 5.56 Å². The maximum absolute atomic E-state index is 11.8. The maximum atomic E-state index is 11.8. The minimum absolute atomic E-state index is 0.504. The van der Waals surface area contributed by atoms with Crippen LogP contribution in [-0.4, -0.2) is 25.1 Å². The van der Waals surface area contributed by atoms with E-state index in [0.29, 0.717) is 15.9 Å². The lowest BCUT2D eigenvalue weighted by Gasteiger charge is -2.05. The fraction of sp³-hybridized carbons (Fsp3) is 0.0625. The number of carbonyl (C=O) groups excluding carboxylic acids is 2. The highest BCUT2D eigenvalue weighted by Crippen LogP contribution is 2.20. The van der Waals surface area contributed by atoms with E-state index in [1.165, 1.54) is 6.21 Å². The lowest BCUT2D eigenvalue weighted by Crippen LogP contribution is -2.32. The summed E-state index contributed by atoms with van der Waals surface area (Å²) < 4.78 is 5.76. The first kappa shape index (κ1) is 16.7. The van der Waals surface area contributed by atoms with E-state index in [2.05, 4.69) is 31.8 Å². The number of amides is 2. The molecule has 2 aromatic carbocycles. The van der Waals surface area contributed by atoms with Crippen LogP contribution >= 0.6 is 15.9 Å². The highest BCUT2D eigenvalue weighted by molar-refractivity contribution is 9.10. The van der Waals surface area contributed by atoms with Crippen LogP contribution in [0.25, 0.3) is 0 Å². The Hall–Kier alpha value is -2.67. The van der Waals surface area contributed by atoms with Gasteiger partial charge in [0, 0.05) is 4.47 Å². The van der Waals surface area contributed by atoms with Crippen LogP contribution in [0.2, 0.25) is 0 Å². The molecule has 2 rings (SSSR count). The molecule has 2 aromatic rings. The summed E-state index contributed by atoms with van der Waals surface area (Å²) in [5.41, 5.74) is 3.41. The molecule has 0 aliphatic carbocycles. The van der Waals surface area contributed by atoms with Gasteiger partial charge in [-0.15, -0.1) is 0 Å². The van der Waals surface area contributed by atoms with E-state index >= 15 is 0 Å². The van der Waals surface area contributed by atoms with Crippen LogP contribution < -0.4 is 15.5 Å². The van der Waals surface area contributed by atoms with Gasteiger partial charge in [-0.1, -0.05) is 24.3 Å². The van der Waals surface area contributed by atoms with Crippen molar-refractivity contribution >= 4 is 39.6 Å². The van der Waals surface area contributed by atoms with Crippen molar-refractivity contribution in [3.8, 4) is 5.75 Å². The summed E-state index contributed by atoms with van der Waals surface area (Å²) in [7, 11) is 1.56. The van der Waals surface area contributed by atoms with Gasteiger partial charge in [0.05, 0.1) is 19.0 Å². The highest BCUT2D eigenvalue weighted by atomic mass is 79.9. The minimum Gasteiger partial charge on any atom is -0.497 e. The SMILES string of the molecule is COc1cccc(/C=N\NC(=O)C(=O)Nc2ccccc2Br)c1. The lowest BCUT2D eigenvalue weighted by atomic mass is 10.2. The van der Waals surface area contributed by atoms with Crippen LogP contribution in [0.5, 0.6) is 5.75 Å². The summed E-state index contributed by atoms with van der Waals surface area (Å²) in [6, 6.07) is 14.1. The molecular weight excluding hydrogens is 362 g/mol. The van der Waals surface area contributed by atoms with Crippen molar-refractivity contribution in [1.82, 2.24) is 5.43 Å². The largest absolute Gasteiger partial charge is 0.497 e. The first-order valence-electron chi connectivity index (χ1n) is 6.63. The second-order valence-electron chi connectivity index (χ2n) is 4.41. The molecule has 0 spiro atoms. The molecule has 0 unspecified atom stereocenters. The molecule has 0 saturated carbocycles. The number of hydrogen-bond donors (Lipinski definition) is 2. The lowest BCUT2D eigenvalue weighted by molar-refractivity contribution is -0.136. The summed E-state index contributed by atoms with van der Waals surface area (Å²) in [6.45, 7) is 0. The van der Waals surface area contributed by atoms with Crippen molar-refractivity contribution < 1.29 is 14.3 Å². The average Bonchev–Trinajstić information content (AvgIpc) is 2.57. The number of nitrogens with one attached hydrogen (secondary N) is 2. The molecule has 0 aliphatic rings. The number of benzene rings is 2. The molecule has 23 heavy (non-hydrogen) atoms. The van der Waals surface area contributed by atoms with Crippen LogP contribution in [0, 0.1) is 0 Å². The van der Waals surface area contributed by atoms with Gasteiger partial charge in [0.2, 0.25) is 0 Å². The average molecular weight is 376 g/mol. The second-order valence-corrected chi connectivity index (χ2v) is 5.26. The predicted octanol–water partition coefficient (Wildman–Crippen LogP) is 2.55. The van der Waals surface area contributed by atoms with Crippen molar-refractivity contribution in [3.05, 3.63) is 58.6 Å². The molecule has 0 atom stereocenters. The van der Waals surface area contributed by atoms with E-state index in [9.17, 15) is 9.59 Å². The normalized spacial score (nSPS) is 10.3. The smallest absolute Gasteiger partial charge is 0.329 e. The van der Waals surface area contributed by atoms with E-state index < -0.39 is 11.8 Å². The van der Waals surface area contributed by atoms with Crippen molar-refractivity contribution in [2.24, 2.45) is 5.10 Å². The molecule has 0 aromatic heterocycles.